The van der Waals surface area contributed by atoms with E-state index < -0.39 is 0 Å². The molecule has 0 saturated heterocycles. The van der Waals surface area contributed by atoms with Crippen LogP contribution in [0.3, 0.4) is 0 Å². The highest BCUT2D eigenvalue weighted by atomic mass is 14.9. The first kappa shape index (κ1) is 36.7. The molecule has 2 nitrogen and oxygen atoms in total. The highest BCUT2D eigenvalue weighted by molar-refractivity contribution is 6.67. The second kappa shape index (κ2) is 23.9. The van der Waals surface area contributed by atoms with Crippen molar-refractivity contribution in [3.63, 3.8) is 0 Å². The van der Waals surface area contributed by atoms with Crippen molar-refractivity contribution in [2.75, 3.05) is 6.54 Å². The minimum atomic E-state index is 0.626. The topological polar surface area (TPSA) is 38.0 Å². The lowest BCUT2D eigenvalue weighted by Gasteiger charge is -2.28. The Morgan fingerprint density at radius 2 is 1.61 bits per heavy atom. The Hall–Kier alpha value is -1.48. The molecule has 1 atom stereocenters. The van der Waals surface area contributed by atoms with Gasteiger partial charge in [0.2, 0.25) is 0 Å². The van der Waals surface area contributed by atoms with Gasteiger partial charge in [0.15, 0.2) is 6.71 Å². The lowest BCUT2D eigenvalue weighted by atomic mass is 9.39. The van der Waals surface area contributed by atoms with Crippen LogP contribution in [0.4, 0.5) is 0 Å². The second-order valence-corrected chi connectivity index (χ2v) is 9.09. The van der Waals surface area contributed by atoms with Crippen molar-refractivity contribution < 1.29 is 0 Å². The summed E-state index contributed by atoms with van der Waals surface area (Å²) in [6.07, 6.45) is 13.2. The third-order valence-electron chi connectivity index (χ3n) is 6.71. The standard InChI is InChI=1S/C21H28BN.C4H11N.4C2H6/c1-15(2)19-10-6-9-17-12-21-22(14-20(17)19)13-18(23-21)11-16-7-4-3-5-8-16;1-2-3-4-5;4*1-2/h6,9-10,13,16,21,23H,1,3-5,7-8,11-12,14H2,2H3;2-5H2,1H3;4*1-2H3. The van der Waals surface area contributed by atoms with Crippen LogP contribution in [0.25, 0.3) is 5.57 Å². The average molecular weight is 499 g/mol. The predicted octanol–water partition coefficient (Wildman–Crippen LogP) is 9.61. The fraction of sp³-hybridized carbons (Fsp3) is 0.697. The molecule has 0 spiro atoms. The molecule has 0 amide bonds. The highest BCUT2D eigenvalue weighted by Gasteiger charge is 2.36. The Labute approximate surface area is 228 Å². The molecule has 3 heteroatoms. The van der Waals surface area contributed by atoms with Crippen LogP contribution in [0.1, 0.15) is 137 Å². The highest BCUT2D eigenvalue weighted by Crippen LogP contribution is 2.34. The maximum atomic E-state index is 5.14. The molecule has 3 N–H and O–H groups in total. The smallest absolute Gasteiger partial charge is 0.199 e. The summed E-state index contributed by atoms with van der Waals surface area (Å²) in [5.41, 5.74) is 12.4. The fourth-order valence-electron chi connectivity index (χ4n) is 5.14. The normalized spacial score (nSPS) is 17.0. The van der Waals surface area contributed by atoms with Crippen molar-refractivity contribution in [1.82, 2.24) is 5.32 Å². The van der Waals surface area contributed by atoms with Gasteiger partial charge in [-0.25, -0.2) is 0 Å². The van der Waals surface area contributed by atoms with Crippen molar-refractivity contribution in [3.8, 4) is 0 Å². The van der Waals surface area contributed by atoms with Gasteiger partial charge >= 0.3 is 0 Å². The van der Waals surface area contributed by atoms with E-state index in [-0.39, 0.29) is 0 Å². The molecule has 1 saturated carbocycles. The quantitative estimate of drug-likeness (QED) is 0.397. The molecule has 1 fully saturated rings. The molecule has 4 rings (SSSR count). The van der Waals surface area contributed by atoms with Gasteiger partial charge in [0.1, 0.15) is 0 Å². The molecule has 2 heterocycles. The van der Waals surface area contributed by atoms with E-state index in [1.807, 2.05) is 55.4 Å². The van der Waals surface area contributed by atoms with E-state index in [9.17, 15) is 0 Å². The van der Waals surface area contributed by atoms with E-state index in [1.54, 1.807) is 5.56 Å². The van der Waals surface area contributed by atoms with Crippen LogP contribution in [0.5, 0.6) is 0 Å². The predicted molar refractivity (Wildman–Crippen MR) is 170 cm³/mol. The summed E-state index contributed by atoms with van der Waals surface area (Å²) in [6, 6.07) is 6.77. The maximum absolute atomic E-state index is 5.14. The lowest BCUT2D eigenvalue weighted by molar-refractivity contribution is 0.351. The minimum Gasteiger partial charge on any atom is -0.393 e. The van der Waals surface area contributed by atoms with E-state index in [0.29, 0.717) is 12.7 Å². The Morgan fingerprint density at radius 3 is 2.11 bits per heavy atom. The Bertz CT molecular complexity index is 687. The van der Waals surface area contributed by atoms with E-state index in [0.717, 1.165) is 12.5 Å². The molecular weight excluding hydrogens is 435 g/mol. The monoisotopic (exact) mass is 499 g/mol. The summed E-state index contributed by atoms with van der Waals surface area (Å²) in [5.74, 6) is 4.12. The Balaban J connectivity index is 0. The van der Waals surface area contributed by atoms with Gasteiger partial charge in [-0.3, -0.25) is 0 Å². The van der Waals surface area contributed by atoms with Gasteiger partial charge in [-0.15, -0.1) is 0 Å². The van der Waals surface area contributed by atoms with Crippen LogP contribution in [-0.4, -0.2) is 19.2 Å². The number of rotatable bonds is 5. The van der Waals surface area contributed by atoms with Crippen molar-refractivity contribution in [2.24, 2.45) is 11.7 Å². The summed E-state index contributed by atoms with van der Waals surface area (Å²) in [4.78, 5) is 0. The number of allylic oxidation sites excluding steroid dienone is 2. The van der Waals surface area contributed by atoms with Crippen molar-refractivity contribution in [1.29, 1.82) is 0 Å². The molecule has 1 aromatic carbocycles. The van der Waals surface area contributed by atoms with Gasteiger partial charge in [-0.2, -0.15) is 0 Å². The number of hydrogen-bond donors (Lipinski definition) is 2. The minimum absolute atomic E-state index is 0.626. The molecule has 1 aromatic rings. The van der Waals surface area contributed by atoms with Gasteiger partial charge in [0.25, 0.3) is 0 Å². The van der Waals surface area contributed by atoms with Crippen LogP contribution in [-0.2, 0) is 12.7 Å². The first-order chi connectivity index (χ1) is 17.6. The largest absolute Gasteiger partial charge is 0.393 e. The summed E-state index contributed by atoms with van der Waals surface area (Å²) in [5, 5.41) is 3.87. The summed E-state index contributed by atoms with van der Waals surface area (Å²) >= 11 is 0. The van der Waals surface area contributed by atoms with Crippen molar-refractivity contribution >= 4 is 12.3 Å². The molecule has 3 aliphatic rings. The third kappa shape index (κ3) is 12.7. The Morgan fingerprint density at radius 1 is 1.00 bits per heavy atom. The van der Waals surface area contributed by atoms with Crippen LogP contribution < -0.4 is 11.1 Å². The number of unbranched alkanes of at least 4 members (excludes halogenated alkanes) is 1. The summed E-state index contributed by atoms with van der Waals surface area (Å²) in [6.45, 7) is 26.0. The number of hydrogen-bond acceptors (Lipinski definition) is 2. The number of nitrogens with one attached hydrogen (secondary N) is 1. The summed E-state index contributed by atoms with van der Waals surface area (Å²) in [7, 11) is 0. The van der Waals surface area contributed by atoms with E-state index in [1.165, 1.54) is 86.5 Å². The summed E-state index contributed by atoms with van der Waals surface area (Å²) < 4.78 is 0. The van der Waals surface area contributed by atoms with E-state index in [4.69, 9.17) is 5.73 Å². The maximum Gasteiger partial charge on any atom is 0.199 e. The molecule has 0 aromatic heterocycles. The molecule has 2 aliphatic heterocycles. The molecule has 36 heavy (non-hydrogen) atoms. The van der Waals surface area contributed by atoms with E-state index >= 15 is 0 Å². The zero-order chi connectivity index (χ0) is 27.9. The first-order valence-corrected chi connectivity index (χ1v) is 15.6. The molecule has 0 radical (unpaired) electrons. The SMILES string of the molecule is C=C(C)c1cccc2c1CB1C=C(CC3CCCCC3)NC1C2.CC.CC.CC.CC.CCCCN. The van der Waals surface area contributed by atoms with Crippen molar-refractivity contribution in [2.45, 2.75) is 139 Å². The number of fused-ring (bicyclic) bond motifs is 2. The van der Waals surface area contributed by atoms with Gasteiger partial charge in [-0.1, -0.05) is 137 Å². The zero-order valence-electron chi connectivity index (χ0n) is 26.1. The fourth-order valence-corrected chi connectivity index (χ4v) is 5.14. The van der Waals surface area contributed by atoms with Gasteiger partial charge in [-0.05, 0) is 67.4 Å². The second-order valence-electron chi connectivity index (χ2n) is 9.09. The van der Waals surface area contributed by atoms with Crippen LogP contribution in [0.2, 0.25) is 0 Å². The van der Waals surface area contributed by atoms with Crippen LogP contribution in [0, 0.1) is 5.92 Å². The van der Waals surface area contributed by atoms with Crippen molar-refractivity contribution in [3.05, 3.63) is 53.1 Å². The average Bonchev–Trinajstić information content (AvgIpc) is 3.33. The first-order valence-electron chi connectivity index (χ1n) is 15.6. The zero-order valence-corrected chi connectivity index (χ0v) is 26.1. The van der Waals surface area contributed by atoms with E-state index in [2.05, 4.69) is 49.9 Å². The number of nitrogens with two attached hydrogens (primary N) is 1. The van der Waals surface area contributed by atoms with Crippen LogP contribution >= 0.6 is 0 Å². The van der Waals surface area contributed by atoms with Gasteiger partial charge in [0.05, 0.1) is 0 Å². The molecule has 1 unspecified atom stereocenters. The van der Waals surface area contributed by atoms with Gasteiger partial charge < -0.3 is 11.1 Å². The number of benzene rings is 1. The molecule has 1 aliphatic carbocycles. The lowest BCUT2D eigenvalue weighted by Crippen LogP contribution is -2.42. The molecule has 208 valence electrons. The molecular formula is C33H63BN2. The Kier molecular flexibility index (Phi) is 24.3. The third-order valence-corrected chi connectivity index (χ3v) is 6.71. The van der Waals surface area contributed by atoms with Gasteiger partial charge in [0, 0.05) is 5.94 Å². The molecule has 0 bridgehead atoms. The van der Waals surface area contributed by atoms with Crippen LogP contribution in [0.15, 0.2) is 36.5 Å².